The summed E-state index contributed by atoms with van der Waals surface area (Å²) in [6.45, 7) is 0. The van der Waals surface area contributed by atoms with Gasteiger partial charge in [0.15, 0.2) is 0 Å². The Labute approximate surface area is 219 Å². The Hall–Kier alpha value is -8.12. The lowest BCUT2D eigenvalue weighted by Crippen LogP contribution is -1.91. The highest BCUT2D eigenvalue weighted by Gasteiger charge is 1.62. The van der Waals surface area contributed by atoms with Crippen LogP contribution in [0.25, 0.3) is 0 Å². The van der Waals surface area contributed by atoms with Gasteiger partial charge >= 0.3 is 0 Å². The van der Waals surface area contributed by atoms with Crippen LogP contribution in [0.2, 0.25) is 0 Å². The zero-order valence-corrected chi connectivity index (χ0v) is 18.7. The van der Waals surface area contributed by atoms with Crippen molar-refractivity contribution in [3.8, 4) is 214 Å². The summed E-state index contributed by atoms with van der Waals surface area (Å²) in [6, 6.07) is 4.98. The molecule has 1 nitrogen and oxygen atoms in total. The van der Waals surface area contributed by atoms with Gasteiger partial charge in [0.05, 0.1) is 0 Å². The summed E-state index contributed by atoms with van der Waals surface area (Å²) in [6.07, 6.45) is 9.85. The van der Waals surface area contributed by atoms with Gasteiger partial charge in [-0.05, 0) is 94.7 Å². The van der Waals surface area contributed by atoms with Crippen LogP contribution in [-0.4, -0.2) is 0 Å². The minimum atomic E-state index is 2.12. The Morgan fingerprint density at radius 2 is 0.378 bits per heavy atom. The third kappa shape index (κ3) is 27.9. The fraction of sp³-hybridized carbons (Fsp3) is 0. The van der Waals surface area contributed by atoms with Gasteiger partial charge in [0, 0.05) is 107 Å². The van der Waals surface area contributed by atoms with E-state index in [-0.39, 0.29) is 0 Å². The van der Waals surface area contributed by atoms with Crippen molar-refractivity contribution < 1.29 is 0 Å². The molecule has 37 heavy (non-hydrogen) atoms. The summed E-state index contributed by atoms with van der Waals surface area (Å²) in [5, 5.41) is 2.49. The van der Waals surface area contributed by atoms with E-state index in [1.54, 1.807) is 0 Å². The van der Waals surface area contributed by atoms with Crippen LogP contribution in [0.4, 0.5) is 0 Å². The van der Waals surface area contributed by atoms with Crippen LogP contribution in [0.3, 0.4) is 0 Å². The van der Waals surface area contributed by atoms with Crippen LogP contribution in [0.15, 0.2) is 0 Å². The lowest BCUT2D eigenvalue weighted by atomic mass is 10.5. The van der Waals surface area contributed by atoms with Crippen molar-refractivity contribution in [2.45, 2.75) is 0 Å². The summed E-state index contributed by atoms with van der Waals surface area (Å²) in [5.41, 5.74) is 0. The van der Waals surface area contributed by atoms with Crippen LogP contribution >= 0.6 is 0 Å². The molecule has 0 amide bonds. The van der Waals surface area contributed by atoms with E-state index < -0.39 is 0 Å². The quantitative estimate of drug-likeness (QED) is 0.400. The molecule has 0 unspecified atom stereocenters. The zero-order valence-electron chi connectivity index (χ0n) is 18.7. The van der Waals surface area contributed by atoms with E-state index in [1.807, 2.05) is 0 Å². The minimum absolute atomic E-state index is 2.12. The van der Waals surface area contributed by atoms with Gasteiger partial charge in [-0.3, -0.25) is 5.32 Å². The first-order chi connectivity index (χ1) is 18.4. The minimum Gasteiger partial charge on any atom is -0.272 e. The third-order valence-electron chi connectivity index (χ3n) is 2.14. The van der Waals surface area contributed by atoms with Crippen LogP contribution in [-0.2, 0) is 0 Å². The molecule has 0 radical (unpaired) electrons. The highest BCUT2D eigenvalue weighted by Crippen LogP contribution is 1.60. The van der Waals surface area contributed by atoms with E-state index in [0.29, 0.717) is 0 Å². The summed E-state index contributed by atoms with van der Waals surface area (Å²) in [7, 11) is 0. The first-order valence-electron chi connectivity index (χ1n) is 9.08. The van der Waals surface area contributed by atoms with E-state index in [2.05, 4.69) is 207 Å². The normalized spacial score (nSPS) is 3.95. The fourth-order valence-electron chi connectivity index (χ4n) is 1.04. The highest BCUT2D eigenvalue weighted by molar-refractivity contribution is 5.48. The molecule has 152 valence electrons. The van der Waals surface area contributed by atoms with E-state index in [4.69, 9.17) is 12.8 Å². The summed E-state index contributed by atoms with van der Waals surface area (Å²) < 4.78 is 0. The van der Waals surface area contributed by atoms with Gasteiger partial charge < -0.3 is 0 Å². The van der Waals surface area contributed by atoms with Crippen LogP contribution in [0.5, 0.6) is 0 Å². The first kappa shape index (κ1) is 28.9. The van der Waals surface area contributed by atoms with Gasteiger partial charge in [-0.1, -0.05) is 0 Å². The van der Waals surface area contributed by atoms with Crippen LogP contribution in [0.1, 0.15) is 0 Å². The largest absolute Gasteiger partial charge is 0.272 e. The second-order valence-corrected chi connectivity index (χ2v) is 4.41. The molecule has 0 atom stereocenters. The van der Waals surface area contributed by atoms with Crippen molar-refractivity contribution in [3.05, 3.63) is 0 Å². The lowest BCUT2D eigenvalue weighted by molar-refractivity contribution is 1.34. The molecule has 0 heterocycles. The van der Waals surface area contributed by atoms with Gasteiger partial charge in [-0.2, -0.15) is 0 Å². The van der Waals surface area contributed by atoms with E-state index in [0.717, 1.165) is 0 Å². The standard InChI is InChI=1S/C36H3N/c1-3-5-7-9-11-13-15-17-19-21-23-25-27-29-31-33-35-37-36-34-32-30-28-26-24-22-20-18-16-14-12-10-8-6-4-2/h1-2,37H. The van der Waals surface area contributed by atoms with Gasteiger partial charge in [-0.15, -0.1) is 12.8 Å². The summed E-state index contributed by atoms with van der Waals surface area (Å²) in [5.74, 6) is 78.2. The molecule has 0 aromatic rings. The van der Waals surface area contributed by atoms with E-state index in [1.165, 1.54) is 0 Å². The van der Waals surface area contributed by atoms with Gasteiger partial charge in [0.25, 0.3) is 0 Å². The summed E-state index contributed by atoms with van der Waals surface area (Å²) in [4.78, 5) is 0. The van der Waals surface area contributed by atoms with E-state index in [9.17, 15) is 0 Å². The van der Waals surface area contributed by atoms with Gasteiger partial charge in [0.2, 0.25) is 0 Å². The molecular formula is C36H3N. The number of rotatable bonds is 0. The Morgan fingerprint density at radius 1 is 0.216 bits per heavy atom. The molecule has 0 aromatic carbocycles. The molecule has 0 aliphatic carbocycles. The third-order valence-corrected chi connectivity index (χ3v) is 2.14. The molecule has 0 fully saturated rings. The highest BCUT2D eigenvalue weighted by atomic mass is 14.8. The topological polar surface area (TPSA) is 12.0 Å². The predicted molar refractivity (Wildman–Crippen MR) is 145 cm³/mol. The average molecular weight is 449 g/mol. The molecule has 0 aliphatic rings. The Bertz CT molecular complexity index is 1890. The Balaban J connectivity index is 4.41. The van der Waals surface area contributed by atoms with Crippen LogP contribution in [0, 0.1) is 214 Å². The lowest BCUT2D eigenvalue weighted by Gasteiger charge is -1.70. The van der Waals surface area contributed by atoms with Gasteiger partial charge in [0.1, 0.15) is 0 Å². The monoisotopic (exact) mass is 449 g/mol. The van der Waals surface area contributed by atoms with Crippen molar-refractivity contribution in [2.24, 2.45) is 0 Å². The van der Waals surface area contributed by atoms with Crippen molar-refractivity contribution >= 4 is 0 Å². The molecule has 0 saturated heterocycles. The number of nitrogens with one attached hydrogen (secondary N) is 1. The molecule has 1 N–H and O–H groups in total. The summed E-state index contributed by atoms with van der Waals surface area (Å²) >= 11 is 0. The molecule has 0 bridgehead atoms. The fourth-order valence-corrected chi connectivity index (χ4v) is 1.04. The van der Waals surface area contributed by atoms with Crippen molar-refractivity contribution in [1.82, 2.24) is 5.32 Å². The maximum absolute atomic E-state index is 4.93. The van der Waals surface area contributed by atoms with Crippen molar-refractivity contribution in [1.29, 1.82) is 0 Å². The average Bonchev–Trinajstić information content (AvgIpc) is 2.91. The maximum Gasteiger partial charge on any atom is 0.0316 e. The predicted octanol–water partition coefficient (Wildman–Crippen LogP) is -0.188. The second kappa shape index (κ2) is 27.9. The van der Waals surface area contributed by atoms with Gasteiger partial charge in [-0.25, -0.2) is 0 Å². The van der Waals surface area contributed by atoms with Crippen molar-refractivity contribution in [3.63, 3.8) is 0 Å². The molecule has 0 rings (SSSR count). The van der Waals surface area contributed by atoms with Crippen molar-refractivity contribution in [2.75, 3.05) is 0 Å². The second-order valence-electron chi connectivity index (χ2n) is 4.41. The molecular weight excluding hydrogens is 446 g/mol. The smallest absolute Gasteiger partial charge is 0.0316 e. The molecule has 0 spiro atoms. The Kier molecular flexibility index (Phi) is 21.8. The molecule has 0 aliphatic heterocycles. The zero-order chi connectivity index (χ0) is 26.7. The maximum atomic E-state index is 4.93. The molecule has 1 heteroatoms. The number of hydrogen-bond donors (Lipinski definition) is 1. The Morgan fingerprint density at radius 3 is 0.568 bits per heavy atom. The number of terminal acetylenes is 2. The van der Waals surface area contributed by atoms with Crippen LogP contribution < -0.4 is 5.32 Å². The number of hydrogen-bond acceptors (Lipinski definition) is 1. The molecule has 0 saturated carbocycles. The SMILES string of the molecule is C#CC#CC#CC#CC#CC#CC#CC#CC#CNC#CC#CC#CC#CC#CC#CC#CC#CC#C. The van der Waals surface area contributed by atoms with E-state index >= 15 is 0 Å². The first-order valence-corrected chi connectivity index (χ1v) is 9.08. The molecule has 0 aromatic heterocycles.